The van der Waals surface area contributed by atoms with Gasteiger partial charge in [0.05, 0.1) is 32.3 Å². The molecule has 1 aliphatic carbocycles. The van der Waals surface area contributed by atoms with E-state index in [1.807, 2.05) is 30.3 Å². The van der Waals surface area contributed by atoms with E-state index in [9.17, 15) is 18.3 Å². The van der Waals surface area contributed by atoms with Crippen molar-refractivity contribution in [1.29, 1.82) is 0 Å². The second-order valence-corrected chi connectivity index (χ2v) is 11.8. The fourth-order valence-corrected chi connectivity index (χ4v) is 6.39. The molecule has 2 aromatic rings. The minimum atomic E-state index is -3.88. The van der Waals surface area contributed by atoms with E-state index in [1.165, 1.54) is 23.5 Å². The van der Waals surface area contributed by atoms with Crippen molar-refractivity contribution in [1.82, 2.24) is 9.62 Å². The van der Waals surface area contributed by atoms with Crippen LogP contribution in [0.5, 0.6) is 11.5 Å². The highest BCUT2D eigenvalue weighted by atomic mass is 32.2. The van der Waals surface area contributed by atoms with Gasteiger partial charge >= 0.3 is 0 Å². The van der Waals surface area contributed by atoms with Crippen LogP contribution >= 0.6 is 0 Å². The molecule has 11 heteroatoms. The van der Waals surface area contributed by atoms with Crippen molar-refractivity contribution < 1.29 is 37.3 Å². The van der Waals surface area contributed by atoms with Crippen LogP contribution in [0.3, 0.4) is 0 Å². The molecule has 2 atom stereocenters. The molecule has 2 aliphatic rings. The first-order valence-electron chi connectivity index (χ1n) is 13.5. The number of nitrogens with zero attached hydrogens (tertiary/aromatic N) is 1. The summed E-state index contributed by atoms with van der Waals surface area (Å²) in [5.74, 6) is 1.04. The van der Waals surface area contributed by atoms with Gasteiger partial charge in [0.25, 0.3) is 5.91 Å². The zero-order valence-electron chi connectivity index (χ0n) is 23.0. The molecule has 0 aromatic heterocycles. The van der Waals surface area contributed by atoms with Gasteiger partial charge in [0.1, 0.15) is 11.5 Å². The summed E-state index contributed by atoms with van der Waals surface area (Å²) in [4.78, 5) is 13.2. The van der Waals surface area contributed by atoms with E-state index in [-0.39, 0.29) is 54.8 Å². The second-order valence-electron chi connectivity index (χ2n) is 9.82. The number of hydrogen-bond donors (Lipinski definition) is 2. The van der Waals surface area contributed by atoms with Crippen molar-refractivity contribution >= 4 is 15.9 Å². The van der Waals surface area contributed by atoms with Gasteiger partial charge in [0, 0.05) is 31.5 Å². The summed E-state index contributed by atoms with van der Waals surface area (Å²) >= 11 is 0. The number of rotatable bonds is 13. The van der Waals surface area contributed by atoms with Crippen molar-refractivity contribution in [3.63, 3.8) is 0 Å². The number of sulfonamides is 1. The van der Waals surface area contributed by atoms with Crippen molar-refractivity contribution in [2.24, 2.45) is 0 Å². The molecular formula is C29H38N2O8S. The Labute approximate surface area is 235 Å². The molecule has 2 N–H and O–H groups in total. The highest BCUT2D eigenvalue weighted by molar-refractivity contribution is 7.89. The lowest BCUT2D eigenvalue weighted by Gasteiger charge is -2.30. The van der Waals surface area contributed by atoms with E-state index in [0.29, 0.717) is 12.2 Å². The van der Waals surface area contributed by atoms with Gasteiger partial charge < -0.3 is 29.4 Å². The topological polar surface area (TPSA) is 124 Å². The summed E-state index contributed by atoms with van der Waals surface area (Å²) < 4.78 is 49.9. The zero-order valence-corrected chi connectivity index (χ0v) is 23.8. The Morgan fingerprint density at radius 2 is 1.62 bits per heavy atom. The van der Waals surface area contributed by atoms with Crippen LogP contribution < -0.4 is 14.8 Å². The summed E-state index contributed by atoms with van der Waals surface area (Å²) in [6.45, 7) is -0.433. The Bertz CT molecular complexity index is 1240. The average molecular weight is 575 g/mol. The first kappa shape index (κ1) is 29.9. The summed E-state index contributed by atoms with van der Waals surface area (Å²) in [6, 6.07) is 13.8. The highest BCUT2D eigenvalue weighted by Crippen LogP contribution is 2.33. The third kappa shape index (κ3) is 7.54. The van der Waals surface area contributed by atoms with Crippen molar-refractivity contribution in [2.45, 2.75) is 55.2 Å². The van der Waals surface area contributed by atoms with Gasteiger partial charge in [-0.2, -0.15) is 4.31 Å². The lowest BCUT2D eigenvalue weighted by molar-refractivity contribution is -0.146. The number of aliphatic hydroxyl groups excluding tert-OH is 1. The molecule has 1 amide bonds. The van der Waals surface area contributed by atoms with Crippen LogP contribution in [0, 0.1) is 0 Å². The molecule has 4 rings (SSSR count). The predicted octanol–water partition coefficient (Wildman–Crippen LogP) is 3.18. The molecule has 1 heterocycles. The van der Waals surface area contributed by atoms with E-state index in [4.69, 9.17) is 18.9 Å². The smallest absolute Gasteiger partial charge is 0.286 e. The maximum absolute atomic E-state index is 13.2. The van der Waals surface area contributed by atoms with Crippen LogP contribution in [-0.2, 0) is 24.3 Å². The molecule has 2 aromatic carbocycles. The number of carbonyl (C=O) groups excluding carboxylic acids is 1. The Morgan fingerprint density at radius 1 is 1.00 bits per heavy atom. The van der Waals surface area contributed by atoms with Crippen molar-refractivity contribution in [3.8, 4) is 11.5 Å². The predicted molar refractivity (Wildman–Crippen MR) is 148 cm³/mol. The molecule has 1 fully saturated rings. The molecule has 1 saturated carbocycles. The minimum absolute atomic E-state index is 0.00466. The number of hydrogen-bond acceptors (Lipinski definition) is 8. The highest BCUT2D eigenvalue weighted by Gasteiger charge is 2.31. The molecule has 1 aliphatic heterocycles. The minimum Gasteiger partial charge on any atom is -0.497 e. The number of methoxy groups -OCH3 is 2. The largest absolute Gasteiger partial charge is 0.497 e. The molecule has 0 saturated heterocycles. The van der Waals surface area contributed by atoms with Gasteiger partial charge in [-0.3, -0.25) is 4.79 Å². The Balaban J connectivity index is 1.45. The molecule has 218 valence electrons. The summed E-state index contributed by atoms with van der Waals surface area (Å²) in [5, 5.41) is 12.6. The molecule has 0 unspecified atom stereocenters. The number of amides is 1. The number of aliphatic hydroxyl groups is 1. The van der Waals surface area contributed by atoms with Crippen LogP contribution in [0.1, 0.15) is 43.6 Å². The lowest BCUT2D eigenvalue weighted by atomic mass is 9.93. The van der Waals surface area contributed by atoms with Gasteiger partial charge in [0.15, 0.2) is 5.76 Å². The Morgan fingerprint density at radius 3 is 2.23 bits per heavy atom. The average Bonchev–Trinajstić information content (AvgIpc) is 3.49. The maximum Gasteiger partial charge on any atom is 0.286 e. The van der Waals surface area contributed by atoms with Crippen molar-refractivity contribution in [3.05, 3.63) is 65.9 Å². The van der Waals surface area contributed by atoms with Gasteiger partial charge in [0.2, 0.25) is 16.3 Å². The van der Waals surface area contributed by atoms with Gasteiger partial charge in [-0.05, 0) is 60.9 Å². The van der Waals surface area contributed by atoms with Crippen molar-refractivity contribution in [2.75, 3.05) is 40.5 Å². The molecule has 0 radical (unpaired) electrons. The number of carbonyl (C=O) groups is 1. The zero-order chi connectivity index (χ0) is 28.5. The van der Waals surface area contributed by atoms with Gasteiger partial charge in [-0.25, -0.2) is 8.42 Å². The fraction of sp³-hybridized carbons (Fsp3) is 0.483. The fourth-order valence-electron chi connectivity index (χ4n) is 4.97. The van der Waals surface area contributed by atoms with Crippen LogP contribution in [0.15, 0.2) is 65.3 Å². The molecule has 0 spiro atoms. The van der Waals surface area contributed by atoms with E-state index in [1.54, 1.807) is 19.2 Å². The molecular weight excluding hydrogens is 536 g/mol. The SMILES string of the molecule is COc1ccc([C@@H]2C=C(C(=O)NC3CCCC3)O[C@H](OCCN(CCO)S(=O)(=O)c3ccc(OC)cc3)C2)cc1. The van der Waals surface area contributed by atoms with E-state index in [2.05, 4.69) is 5.32 Å². The summed E-state index contributed by atoms with van der Waals surface area (Å²) in [6.07, 6.45) is 5.58. The van der Waals surface area contributed by atoms with Crippen LogP contribution in [0.4, 0.5) is 0 Å². The molecule has 40 heavy (non-hydrogen) atoms. The van der Waals surface area contributed by atoms with Gasteiger partial charge in [-0.1, -0.05) is 25.0 Å². The van der Waals surface area contributed by atoms with E-state index < -0.39 is 16.3 Å². The van der Waals surface area contributed by atoms with E-state index >= 15 is 0 Å². The standard InChI is InChI=1S/C29H38N2O8S/c1-36-24-9-7-21(8-10-24)22-19-27(29(33)30-23-5-3-4-6-23)39-28(20-22)38-18-16-31(15-17-32)40(34,35)26-13-11-25(37-2)12-14-26/h7-14,19,22-23,28,32H,3-6,15-18,20H2,1-2H3,(H,30,33)/t22-,28+/m1/s1. The lowest BCUT2D eigenvalue weighted by Crippen LogP contribution is -2.39. The number of nitrogens with one attached hydrogen (secondary N) is 1. The van der Waals surface area contributed by atoms with E-state index in [0.717, 1.165) is 37.0 Å². The third-order valence-corrected chi connectivity index (χ3v) is 9.12. The second kappa shape index (κ2) is 14.0. The quantitative estimate of drug-likeness (QED) is 0.374. The van der Waals surface area contributed by atoms with Crippen LogP contribution in [0.25, 0.3) is 0 Å². The summed E-state index contributed by atoms with van der Waals surface area (Å²) in [5.41, 5.74) is 0.979. The number of allylic oxidation sites excluding steroid dienone is 1. The van der Waals surface area contributed by atoms with Crippen LogP contribution in [0.2, 0.25) is 0 Å². The normalized spacial score (nSPS) is 19.6. The maximum atomic E-state index is 13.2. The van der Waals surface area contributed by atoms with Crippen LogP contribution in [-0.4, -0.2) is 76.6 Å². The third-order valence-electron chi connectivity index (χ3n) is 7.21. The number of benzene rings is 2. The first-order chi connectivity index (χ1) is 19.3. The Hall–Kier alpha value is -3.12. The Kier molecular flexibility index (Phi) is 10.4. The molecule has 0 bridgehead atoms. The summed E-state index contributed by atoms with van der Waals surface area (Å²) in [7, 11) is -0.770. The number of ether oxygens (including phenoxy) is 4. The monoisotopic (exact) mass is 574 g/mol. The van der Waals surface area contributed by atoms with Gasteiger partial charge in [-0.15, -0.1) is 0 Å². The first-order valence-corrected chi connectivity index (χ1v) is 15.0. The molecule has 10 nitrogen and oxygen atoms in total.